The molecule has 0 spiro atoms. The fraction of sp³-hybridized carbons (Fsp3) is 0.136. The van der Waals surface area contributed by atoms with Crippen molar-refractivity contribution in [3.05, 3.63) is 93.6 Å². The molecule has 2 aromatic heterocycles. The minimum Gasteiger partial charge on any atom is -0.467 e. The summed E-state index contributed by atoms with van der Waals surface area (Å²) >= 11 is 7.34. The van der Waals surface area contributed by atoms with Crippen molar-refractivity contribution in [2.24, 2.45) is 0 Å². The predicted octanol–water partition coefficient (Wildman–Crippen LogP) is 5.05. The maximum Gasteiger partial charge on any atom is 0.262 e. The van der Waals surface area contributed by atoms with Crippen LogP contribution in [0.3, 0.4) is 0 Å². The molecule has 0 fully saturated rings. The van der Waals surface area contributed by atoms with Crippen LogP contribution in [-0.2, 0) is 6.54 Å². The monoisotopic (exact) mass is 424 g/mol. The van der Waals surface area contributed by atoms with E-state index in [0.29, 0.717) is 32.4 Å². The van der Waals surface area contributed by atoms with Gasteiger partial charge in [-0.2, -0.15) is 0 Å². The number of hydrogen-bond acceptors (Lipinski definition) is 5. The molecule has 1 unspecified atom stereocenters. The Kier molecular flexibility index (Phi) is 5.56. The average molecular weight is 425 g/mol. The van der Waals surface area contributed by atoms with Crippen LogP contribution in [0.4, 0.5) is 0 Å². The van der Waals surface area contributed by atoms with Crippen LogP contribution in [0.15, 0.2) is 81.3 Å². The van der Waals surface area contributed by atoms with Crippen LogP contribution < -0.4 is 5.56 Å². The average Bonchev–Trinajstić information content (AvgIpc) is 3.24. The number of halogens is 1. The maximum absolute atomic E-state index is 13.1. The summed E-state index contributed by atoms with van der Waals surface area (Å²) in [6.45, 7) is 2.04. The van der Waals surface area contributed by atoms with Gasteiger partial charge in [0.25, 0.3) is 5.56 Å². The van der Waals surface area contributed by atoms with Crippen LogP contribution in [0.25, 0.3) is 10.9 Å². The standard InChI is InChI=1S/C22H17ClN2O3S/c1-14(20(26)15-6-3-2-4-7-15)29-22-24-19-12-16(23)9-10-18(19)21(27)25(22)13-17-8-5-11-28-17/h2-12,14H,13H2,1H3. The topological polar surface area (TPSA) is 65.1 Å². The number of benzene rings is 2. The molecular weight excluding hydrogens is 408 g/mol. The lowest BCUT2D eigenvalue weighted by atomic mass is 10.1. The fourth-order valence-electron chi connectivity index (χ4n) is 3.01. The van der Waals surface area contributed by atoms with E-state index in [2.05, 4.69) is 4.98 Å². The Morgan fingerprint density at radius 3 is 2.69 bits per heavy atom. The molecule has 0 aliphatic rings. The van der Waals surface area contributed by atoms with Gasteiger partial charge in [0.2, 0.25) is 0 Å². The number of thioether (sulfide) groups is 1. The van der Waals surface area contributed by atoms with Gasteiger partial charge in [-0.3, -0.25) is 14.2 Å². The zero-order valence-electron chi connectivity index (χ0n) is 15.5. The second kappa shape index (κ2) is 8.27. The van der Waals surface area contributed by atoms with Crippen molar-refractivity contribution < 1.29 is 9.21 Å². The minimum atomic E-state index is -0.427. The molecule has 0 bridgehead atoms. The van der Waals surface area contributed by atoms with Crippen molar-refractivity contribution in [1.29, 1.82) is 0 Å². The van der Waals surface area contributed by atoms with Crippen LogP contribution in [0, 0.1) is 0 Å². The third kappa shape index (κ3) is 4.13. The summed E-state index contributed by atoms with van der Waals surface area (Å²) in [6.07, 6.45) is 1.56. The normalized spacial score (nSPS) is 12.2. The zero-order chi connectivity index (χ0) is 20.4. The van der Waals surface area contributed by atoms with E-state index in [-0.39, 0.29) is 17.9 Å². The second-order valence-corrected chi connectivity index (χ2v) is 8.26. The number of Topliss-reactive ketones (excluding diaryl/α,β-unsaturated/α-hetero) is 1. The van der Waals surface area contributed by atoms with Gasteiger partial charge in [0.05, 0.1) is 29.0 Å². The number of carbonyl (C=O) groups is 1. The summed E-state index contributed by atoms with van der Waals surface area (Å²) in [4.78, 5) is 30.6. The van der Waals surface area contributed by atoms with Crippen LogP contribution in [-0.4, -0.2) is 20.6 Å². The van der Waals surface area contributed by atoms with Gasteiger partial charge < -0.3 is 4.42 Å². The number of hydrogen-bond donors (Lipinski definition) is 0. The van der Waals surface area contributed by atoms with Gasteiger partial charge in [0.1, 0.15) is 5.76 Å². The van der Waals surface area contributed by atoms with Crippen molar-refractivity contribution >= 4 is 40.0 Å². The first-order chi connectivity index (χ1) is 14.0. The second-order valence-electron chi connectivity index (χ2n) is 6.52. The Bertz CT molecular complexity index is 1220. The molecule has 29 heavy (non-hydrogen) atoms. The fourth-order valence-corrected chi connectivity index (χ4v) is 4.16. The largest absolute Gasteiger partial charge is 0.467 e. The zero-order valence-corrected chi connectivity index (χ0v) is 17.1. The number of rotatable bonds is 6. The van der Waals surface area contributed by atoms with E-state index in [1.807, 2.05) is 25.1 Å². The molecule has 0 aliphatic heterocycles. The van der Waals surface area contributed by atoms with Crippen molar-refractivity contribution in [3.63, 3.8) is 0 Å². The summed E-state index contributed by atoms with van der Waals surface area (Å²) in [5.41, 5.74) is 0.918. The van der Waals surface area contributed by atoms with Gasteiger partial charge in [-0.15, -0.1) is 0 Å². The first-order valence-corrected chi connectivity index (χ1v) is 10.3. The highest BCUT2D eigenvalue weighted by Crippen LogP contribution is 2.26. The van der Waals surface area contributed by atoms with Crippen molar-refractivity contribution in [2.75, 3.05) is 0 Å². The molecule has 0 radical (unpaired) electrons. The Morgan fingerprint density at radius 2 is 1.97 bits per heavy atom. The van der Waals surface area contributed by atoms with E-state index in [1.165, 1.54) is 16.3 Å². The lowest BCUT2D eigenvalue weighted by Gasteiger charge is -2.15. The van der Waals surface area contributed by atoms with Crippen LogP contribution in [0.1, 0.15) is 23.0 Å². The summed E-state index contributed by atoms with van der Waals surface area (Å²) in [7, 11) is 0. The highest BCUT2D eigenvalue weighted by Gasteiger charge is 2.21. The van der Waals surface area contributed by atoms with E-state index in [9.17, 15) is 9.59 Å². The molecule has 0 N–H and O–H groups in total. The summed E-state index contributed by atoms with van der Waals surface area (Å²) in [5.74, 6) is 0.603. The molecule has 0 saturated carbocycles. The molecule has 1 atom stereocenters. The Balaban J connectivity index is 1.76. The molecule has 0 amide bonds. The minimum absolute atomic E-state index is 0.0272. The highest BCUT2D eigenvalue weighted by atomic mass is 35.5. The number of fused-ring (bicyclic) bond motifs is 1. The van der Waals surface area contributed by atoms with Crippen LogP contribution >= 0.6 is 23.4 Å². The summed E-state index contributed by atoms with van der Waals surface area (Å²) < 4.78 is 6.95. The van der Waals surface area contributed by atoms with Gasteiger partial charge >= 0.3 is 0 Å². The molecule has 146 valence electrons. The van der Waals surface area contributed by atoms with E-state index in [1.54, 1.807) is 48.7 Å². The molecule has 2 heterocycles. The Hall–Kier alpha value is -2.83. The van der Waals surface area contributed by atoms with Gasteiger partial charge in [0.15, 0.2) is 10.9 Å². The lowest BCUT2D eigenvalue weighted by molar-refractivity contribution is 0.0994. The summed E-state index contributed by atoms with van der Waals surface area (Å²) in [5, 5.41) is 0.978. The SMILES string of the molecule is CC(Sc1nc2cc(Cl)ccc2c(=O)n1Cc1ccco1)C(=O)c1ccccc1. The molecule has 0 saturated heterocycles. The Morgan fingerprint density at radius 1 is 1.17 bits per heavy atom. The van der Waals surface area contributed by atoms with Crippen molar-refractivity contribution in [1.82, 2.24) is 9.55 Å². The van der Waals surface area contributed by atoms with Crippen molar-refractivity contribution in [3.8, 4) is 0 Å². The van der Waals surface area contributed by atoms with Gasteiger partial charge in [-0.05, 0) is 37.3 Å². The van der Waals surface area contributed by atoms with E-state index in [4.69, 9.17) is 16.0 Å². The summed E-state index contributed by atoms with van der Waals surface area (Å²) in [6, 6.07) is 17.6. The number of furan rings is 1. The molecule has 4 aromatic rings. The predicted molar refractivity (Wildman–Crippen MR) is 115 cm³/mol. The Labute approximate surface area is 176 Å². The number of aromatic nitrogens is 2. The quantitative estimate of drug-likeness (QED) is 0.246. The first-order valence-electron chi connectivity index (χ1n) is 9.01. The van der Waals surface area contributed by atoms with E-state index < -0.39 is 5.25 Å². The number of ketones is 1. The highest BCUT2D eigenvalue weighted by molar-refractivity contribution is 8.00. The molecule has 4 rings (SSSR count). The third-order valence-corrected chi connectivity index (χ3v) is 5.81. The van der Waals surface area contributed by atoms with Gasteiger partial charge in [-0.1, -0.05) is 53.7 Å². The number of nitrogens with zero attached hydrogens (tertiary/aromatic N) is 2. The van der Waals surface area contributed by atoms with E-state index >= 15 is 0 Å². The van der Waals surface area contributed by atoms with Crippen LogP contribution in [0.5, 0.6) is 0 Å². The van der Waals surface area contributed by atoms with Crippen molar-refractivity contribution in [2.45, 2.75) is 23.9 Å². The van der Waals surface area contributed by atoms with Gasteiger partial charge in [0, 0.05) is 10.6 Å². The molecular formula is C22H17ClN2O3S. The van der Waals surface area contributed by atoms with Gasteiger partial charge in [-0.25, -0.2) is 4.98 Å². The third-order valence-electron chi connectivity index (χ3n) is 4.49. The number of carbonyl (C=O) groups excluding carboxylic acids is 1. The lowest BCUT2D eigenvalue weighted by Crippen LogP contribution is -2.25. The van der Waals surface area contributed by atoms with Crippen LogP contribution in [0.2, 0.25) is 5.02 Å². The molecule has 5 nitrogen and oxygen atoms in total. The smallest absolute Gasteiger partial charge is 0.262 e. The van der Waals surface area contributed by atoms with E-state index in [0.717, 1.165) is 0 Å². The molecule has 0 aliphatic carbocycles. The molecule has 2 aromatic carbocycles. The molecule has 7 heteroatoms. The first kappa shape index (κ1) is 19.5. The maximum atomic E-state index is 13.1.